The molecule has 36 heavy (non-hydrogen) atoms. The molecule has 184 valence electrons. The third kappa shape index (κ3) is 5.58. The highest BCUT2D eigenvalue weighted by molar-refractivity contribution is 5.91. The molecule has 0 bridgehead atoms. The first-order valence-corrected chi connectivity index (χ1v) is 12.4. The predicted octanol–water partition coefficient (Wildman–Crippen LogP) is 3.88. The Morgan fingerprint density at radius 3 is 2.31 bits per heavy atom. The molecule has 0 radical (unpaired) electrons. The number of carbonyl (C=O) groups excluding carboxylic acids is 1. The Kier molecular flexibility index (Phi) is 7.59. The van der Waals surface area contributed by atoms with Crippen LogP contribution in [-0.2, 0) is 4.79 Å². The van der Waals surface area contributed by atoms with Crippen molar-refractivity contribution in [2.45, 2.75) is 24.9 Å². The summed E-state index contributed by atoms with van der Waals surface area (Å²) in [6.07, 6.45) is 9.64. The van der Waals surface area contributed by atoms with Crippen LogP contribution in [0.25, 0.3) is 10.9 Å². The molecule has 1 aliphatic rings. The number of aromatic nitrogens is 3. The van der Waals surface area contributed by atoms with Crippen molar-refractivity contribution >= 4 is 16.7 Å². The van der Waals surface area contributed by atoms with E-state index in [1.165, 1.54) is 0 Å². The highest BCUT2D eigenvalue weighted by atomic mass is 16.5. The Labute approximate surface area is 210 Å². The van der Waals surface area contributed by atoms with Gasteiger partial charge in [-0.25, -0.2) is 0 Å². The number of aliphatic hydroxyl groups excluding tert-OH is 1. The van der Waals surface area contributed by atoms with E-state index in [1.54, 1.807) is 31.0 Å². The van der Waals surface area contributed by atoms with Gasteiger partial charge in [0.15, 0.2) is 0 Å². The average molecular weight is 483 g/mol. The second-order valence-electron chi connectivity index (χ2n) is 9.27. The van der Waals surface area contributed by atoms with Gasteiger partial charge in [0.05, 0.1) is 11.4 Å². The van der Waals surface area contributed by atoms with E-state index in [0.29, 0.717) is 6.54 Å². The zero-order valence-electron chi connectivity index (χ0n) is 20.1. The highest BCUT2D eigenvalue weighted by Gasteiger charge is 2.32. The fourth-order valence-electron chi connectivity index (χ4n) is 4.99. The van der Waals surface area contributed by atoms with Crippen molar-refractivity contribution < 1.29 is 14.6 Å². The van der Waals surface area contributed by atoms with E-state index in [2.05, 4.69) is 19.9 Å². The summed E-state index contributed by atoms with van der Waals surface area (Å²) in [5, 5.41) is 11.6. The summed E-state index contributed by atoms with van der Waals surface area (Å²) in [6.45, 7) is 2.24. The lowest BCUT2D eigenvalue weighted by Crippen LogP contribution is -2.42. The number of piperidine rings is 1. The molecule has 4 heterocycles. The van der Waals surface area contributed by atoms with E-state index in [9.17, 15) is 9.90 Å². The maximum atomic E-state index is 13.6. The molecular formula is C29H30N4O3. The summed E-state index contributed by atoms with van der Waals surface area (Å²) in [7, 11) is 0. The molecule has 1 atom stereocenters. The number of ether oxygens (including phenoxy) is 1. The molecule has 1 unspecified atom stereocenters. The van der Waals surface area contributed by atoms with Gasteiger partial charge in [0.1, 0.15) is 24.2 Å². The molecule has 5 rings (SSSR count). The van der Waals surface area contributed by atoms with Crippen molar-refractivity contribution in [3.8, 4) is 5.75 Å². The van der Waals surface area contributed by atoms with Crippen LogP contribution in [0.1, 0.15) is 29.9 Å². The Bertz CT molecular complexity index is 1230. The molecule has 0 aliphatic carbocycles. The second-order valence-corrected chi connectivity index (χ2v) is 9.27. The SMILES string of the molecule is O=C(C1CCN(CC(O)COc2cccc3ncccc23)CC1)C(c1cccnc1)c1cccnc1. The molecule has 1 saturated heterocycles. The van der Waals surface area contributed by atoms with Gasteiger partial charge in [0.25, 0.3) is 0 Å². The molecule has 1 aromatic carbocycles. The van der Waals surface area contributed by atoms with Crippen LogP contribution >= 0.6 is 0 Å². The van der Waals surface area contributed by atoms with Gasteiger partial charge in [-0.05, 0) is 73.5 Å². The van der Waals surface area contributed by atoms with Crippen molar-refractivity contribution in [2.24, 2.45) is 5.92 Å². The lowest BCUT2D eigenvalue weighted by Gasteiger charge is -2.34. The lowest BCUT2D eigenvalue weighted by molar-refractivity contribution is -0.125. The van der Waals surface area contributed by atoms with Crippen LogP contribution in [-0.4, -0.2) is 63.1 Å². The molecule has 0 amide bonds. The Morgan fingerprint density at radius 2 is 1.64 bits per heavy atom. The second kappa shape index (κ2) is 11.4. The van der Waals surface area contributed by atoms with Gasteiger partial charge in [-0.15, -0.1) is 0 Å². The summed E-state index contributed by atoms with van der Waals surface area (Å²) >= 11 is 0. The number of hydrogen-bond donors (Lipinski definition) is 1. The molecular weight excluding hydrogens is 452 g/mol. The molecule has 7 nitrogen and oxygen atoms in total. The molecule has 1 fully saturated rings. The van der Waals surface area contributed by atoms with Gasteiger partial charge >= 0.3 is 0 Å². The van der Waals surface area contributed by atoms with Crippen molar-refractivity contribution in [2.75, 3.05) is 26.2 Å². The fourth-order valence-corrected chi connectivity index (χ4v) is 4.99. The molecule has 3 aromatic heterocycles. The van der Waals surface area contributed by atoms with E-state index in [4.69, 9.17) is 4.74 Å². The summed E-state index contributed by atoms with van der Waals surface area (Å²) in [5.74, 6) is 0.534. The van der Waals surface area contributed by atoms with Crippen LogP contribution in [0, 0.1) is 5.92 Å². The van der Waals surface area contributed by atoms with Gasteiger partial charge < -0.3 is 14.7 Å². The number of rotatable bonds is 9. The number of hydrogen-bond acceptors (Lipinski definition) is 7. The first kappa shape index (κ1) is 24.0. The summed E-state index contributed by atoms with van der Waals surface area (Å²) in [6, 6.07) is 17.2. The molecule has 0 spiro atoms. The van der Waals surface area contributed by atoms with E-state index >= 15 is 0 Å². The average Bonchev–Trinajstić information content (AvgIpc) is 2.93. The maximum Gasteiger partial charge on any atom is 0.148 e. The lowest BCUT2D eigenvalue weighted by atomic mass is 9.80. The standard InChI is InChI=1S/C29H30N4O3/c34-24(20-36-27-9-1-8-26-25(27)7-4-14-32-26)19-33-15-10-21(11-16-33)29(35)28(22-5-2-12-30-17-22)23-6-3-13-31-18-23/h1-9,12-14,17-18,21,24,28,34H,10-11,15-16,19-20H2. The number of ketones is 1. The van der Waals surface area contributed by atoms with Crippen LogP contribution in [0.2, 0.25) is 0 Å². The van der Waals surface area contributed by atoms with Crippen LogP contribution in [0.3, 0.4) is 0 Å². The van der Waals surface area contributed by atoms with E-state index in [-0.39, 0.29) is 24.2 Å². The molecule has 1 N–H and O–H groups in total. The van der Waals surface area contributed by atoms with Crippen LogP contribution in [0.4, 0.5) is 0 Å². The zero-order chi connectivity index (χ0) is 24.7. The first-order chi connectivity index (χ1) is 17.7. The van der Waals surface area contributed by atoms with Gasteiger partial charge in [0, 0.05) is 48.8 Å². The third-order valence-corrected chi connectivity index (χ3v) is 6.82. The maximum absolute atomic E-state index is 13.6. The topological polar surface area (TPSA) is 88.4 Å². The number of Topliss-reactive ketones (excluding diaryl/α,β-unsaturated/α-hetero) is 1. The van der Waals surface area contributed by atoms with Crippen LogP contribution < -0.4 is 4.74 Å². The number of nitrogens with zero attached hydrogens (tertiary/aromatic N) is 4. The minimum absolute atomic E-state index is 0.0387. The van der Waals surface area contributed by atoms with Crippen molar-refractivity contribution in [1.29, 1.82) is 0 Å². The van der Waals surface area contributed by atoms with E-state index in [0.717, 1.165) is 53.7 Å². The fraction of sp³-hybridized carbons (Fsp3) is 0.310. The smallest absolute Gasteiger partial charge is 0.148 e. The summed E-state index contributed by atoms with van der Waals surface area (Å²) in [4.78, 5) is 28.7. The molecule has 1 aliphatic heterocycles. The summed E-state index contributed by atoms with van der Waals surface area (Å²) in [5.41, 5.74) is 2.66. The normalized spacial score (nSPS) is 15.7. The van der Waals surface area contributed by atoms with E-state index in [1.807, 2.05) is 54.6 Å². The molecule has 0 saturated carbocycles. The van der Waals surface area contributed by atoms with Crippen molar-refractivity contribution in [3.05, 3.63) is 96.7 Å². The molecule has 4 aromatic rings. The largest absolute Gasteiger partial charge is 0.490 e. The number of likely N-dealkylation sites (tertiary alicyclic amines) is 1. The van der Waals surface area contributed by atoms with Gasteiger partial charge in [-0.1, -0.05) is 18.2 Å². The first-order valence-electron chi connectivity index (χ1n) is 12.4. The monoisotopic (exact) mass is 482 g/mol. The van der Waals surface area contributed by atoms with Gasteiger partial charge in [0.2, 0.25) is 0 Å². The number of β-amino-alcohol motifs (C(OH)–C–C–N with tert-alkyl or cyclic N) is 1. The highest BCUT2D eigenvalue weighted by Crippen LogP contribution is 2.31. The predicted molar refractivity (Wildman–Crippen MR) is 138 cm³/mol. The van der Waals surface area contributed by atoms with Crippen molar-refractivity contribution in [1.82, 2.24) is 19.9 Å². The Morgan fingerprint density at radius 1 is 0.944 bits per heavy atom. The van der Waals surface area contributed by atoms with Gasteiger partial charge in [-0.3, -0.25) is 19.7 Å². The number of aliphatic hydroxyl groups is 1. The third-order valence-electron chi connectivity index (χ3n) is 6.82. The summed E-state index contributed by atoms with van der Waals surface area (Å²) < 4.78 is 5.93. The quantitative estimate of drug-likeness (QED) is 0.387. The minimum atomic E-state index is -0.622. The number of carbonyl (C=O) groups is 1. The Hall–Kier alpha value is -3.68. The Balaban J connectivity index is 1.16. The zero-order valence-corrected chi connectivity index (χ0v) is 20.1. The van der Waals surface area contributed by atoms with Crippen molar-refractivity contribution in [3.63, 3.8) is 0 Å². The van der Waals surface area contributed by atoms with Crippen LogP contribution in [0.15, 0.2) is 85.6 Å². The minimum Gasteiger partial charge on any atom is -0.490 e. The number of pyridine rings is 3. The van der Waals surface area contributed by atoms with E-state index < -0.39 is 6.10 Å². The number of benzene rings is 1. The molecule has 7 heteroatoms. The number of fused-ring (bicyclic) bond motifs is 1. The van der Waals surface area contributed by atoms with Crippen LogP contribution in [0.5, 0.6) is 5.75 Å². The van der Waals surface area contributed by atoms with Gasteiger partial charge in [-0.2, -0.15) is 0 Å².